The number of carbonyl (C=O) groups is 2. The molecule has 0 aliphatic heterocycles. The number of rotatable bonds is 4. The summed E-state index contributed by atoms with van der Waals surface area (Å²) >= 11 is 0. The van der Waals surface area contributed by atoms with Crippen LogP contribution in [0.3, 0.4) is 0 Å². The quantitative estimate of drug-likeness (QED) is 0.366. The first kappa shape index (κ1) is 18.1. The van der Waals surface area contributed by atoms with Crippen molar-refractivity contribution in [1.29, 1.82) is 0 Å². The van der Waals surface area contributed by atoms with Gasteiger partial charge in [-0.2, -0.15) is 0 Å². The molecule has 0 spiro atoms. The Hall–Kier alpha value is -1.88. The molecular formula is C15H22O5. The normalized spacial score (nSPS) is 9.60. The molecule has 5 heteroatoms. The molecule has 0 bridgehead atoms. The second kappa shape index (κ2) is 8.32. The molecule has 5 nitrogen and oxygen atoms in total. The Morgan fingerprint density at radius 2 is 1.70 bits per heavy atom. The van der Waals surface area contributed by atoms with Crippen molar-refractivity contribution in [2.24, 2.45) is 0 Å². The van der Waals surface area contributed by atoms with Crippen LogP contribution in [0.15, 0.2) is 12.1 Å². The first-order valence-electron chi connectivity index (χ1n) is 6.43. The molecule has 0 aliphatic rings. The number of aryl methyl sites for hydroxylation is 1. The zero-order valence-corrected chi connectivity index (χ0v) is 12.4. The molecule has 1 aromatic rings. The van der Waals surface area contributed by atoms with Crippen molar-refractivity contribution < 1.29 is 24.5 Å². The van der Waals surface area contributed by atoms with Gasteiger partial charge in [-0.1, -0.05) is 19.4 Å². The van der Waals surface area contributed by atoms with Gasteiger partial charge in [-0.15, -0.1) is 0 Å². The molecule has 0 saturated heterocycles. The van der Waals surface area contributed by atoms with Gasteiger partial charge in [0.25, 0.3) is 0 Å². The molecule has 0 radical (unpaired) electrons. The van der Waals surface area contributed by atoms with E-state index in [9.17, 15) is 9.59 Å². The molecule has 0 heterocycles. The molecule has 112 valence electrons. The van der Waals surface area contributed by atoms with Crippen LogP contribution in [0.2, 0.25) is 0 Å². The largest absolute Gasteiger partial charge is 0.457 e. The number of esters is 2. The predicted molar refractivity (Wildman–Crippen MR) is 75.8 cm³/mol. The minimum absolute atomic E-state index is 0. The number of hydrogen-bond acceptors (Lipinski definition) is 4. The van der Waals surface area contributed by atoms with Gasteiger partial charge in [-0.3, -0.25) is 0 Å². The van der Waals surface area contributed by atoms with Crippen LogP contribution in [-0.4, -0.2) is 24.0 Å². The highest BCUT2D eigenvalue weighted by atomic mass is 16.6. The Bertz CT molecular complexity index is 479. The van der Waals surface area contributed by atoms with Gasteiger partial charge in [-0.25, -0.2) is 9.59 Å². The number of ether oxygens (including phenoxy) is 2. The Kier molecular flexibility index (Phi) is 7.54. The average Bonchev–Trinajstić information content (AvgIpc) is 2.39. The fourth-order valence-electron chi connectivity index (χ4n) is 1.55. The van der Waals surface area contributed by atoms with Crippen molar-refractivity contribution in [3.05, 3.63) is 28.8 Å². The van der Waals surface area contributed by atoms with Crippen LogP contribution < -0.4 is 4.74 Å². The lowest BCUT2D eigenvalue weighted by Gasteiger charge is -2.11. The summed E-state index contributed by atoms with van der Waals surface area (Å²) in [6.45, 7) is 8.00. The fraction of sp³-hybridized carbons (Fsp3) is 0.467. The Balaban J connectivity index is 0.00000361. The molecule has 1 aromatic carbocycles. The molecule has 0 atom stereocenters. The molecule has 0 aromatic heterocycles. The SMILES string of the molecule is CCCCOC(=O)C(=O)Oc1ccc(C)c(C)c1C.O. The average molecular weight is 282 g/mol. The lowest BCUT2D eigenvalue weighted by molar-refractivity contribution is -0.162. The smallest absolute Gasteiger partial charge is 0.422 e. The van der Waals surface area contributed by atoms with Crippen molar-refractivity contribution in [2.75, 3.05) is 6.61 Å². The summed E-state index contributed by atoms with van der Waals surface area (Å²) in [5, 5.41) is 0. The maximum atomic E-state index is 11.6. The standard InChI is InChI=1S/C15H20O4.H2O/c1-5-6-9-18-14(16)15(17)19-13-8-7-10(2)11(3)12(13)4;/h7-8H,5-6,9H2,1-4H3;1H2. The Morgan fingerprint density at radius 1 is 1.05 bits per heavy atom. The van der Waals surface area contributed by atoms with Crippen molar-refractivity contribution in [1.82, 2.24) is 0 Å². The number of hydrogen-bond donors (Lipinski definition) is 0. The van der Waals surface area contributed by atoms with Crippen LogP contribution in [0.25, 0.3) is 0 Å². The molecular weight excluding hydrogens is 260 g/mol. The number of unbranched alkanes of at least 4 members (excludes halogenated alkanes) is 1. The molecule has 0 saturated carbocycles. The minimum atomic E-state index is -0.970. The molecule has 0 unspecified atom stereocenters. The number of benzene rings is 1. The first-order valence-corrected chi connectivity index (χ1v) is 6.43. The summed E-state index contributed by atoms with van der Waals surface area (Å²) in [6, 6.07) is 3.54. The summed E-state index contributed by atoms with van der Waals surface area (Å²) < 4.78 is 9.86. The van der Waals surface area contributed by atoms with E-state index in [1.54, 1.807) is 6.07 Å². The third-order valence-electron chi connectivity index (χ3n) is 3.11. The maximum absolute atomic E-state index is 11.6. The van der Waals surface area contributed by atoms with E-state index in [-0.39, 0.29) is 12.1 Å². The maximum Gasteiger partial charge on any atom is 0.422 e. The second-order valence-electron chi connectivity index (χ2n) is 4.51. The van der Waals surface area contributed by atoms with Crippen LogP contribution >= 0.6 is 0 Å². The highest BCUT2D eigenvalue weighted by molar-refractivity contribution is 6.30. The third-order valence-corrected chi connectivity index (χ3v) is 3.11. The van der Waals surface area contributed by atoms with Gasteiger partial charge in [0.15, 0.2) is 0 Å². The third kappa shape index (κ3) is 4.66. The fourth-order valence-corrected chi connectivity index (χ4v) is 1.55. The van der Waals surface area contributed by atoms with Gasteiger partial charge in [-0.05, 0) is 49.9 Å². The van der Waals surface area contributed by atoms with Gasteiger partial charge in [0, 0.05) is 0 Å². The van der Waals surface area contributed by atoms with Crippen LogP contribution in [-0.2, 0) is 14.3 Å². The van der Waals surface area contributed by atoms with E-state index >= 15 is 0 Å². The van der Waals surface area contributed by atoms with Gasteiger partial charge in [0.05, 0.1) is 6.61 Å². The monoisotopic (exact) mass is 282 g/mol. The molecule has 0 fully saturated rings. The summed E-state index contributed by atoms with van der Waals surface area (Å²) in [5.74, 6) is -1.51. The van der Waals surface area contributed by atoms with E-state index in [1.807, 2.05) is 33.8 Å². The van der Waals surface area contributed by atoms with E-state index in [0.717, 1.165) is 29.5 Å². The summed E-state index contributed by atoms with van der Waals surface area (Å²) in [4.78, 5) is 22.9. The minimum Gasteiger partial charge on any atom is -0.457 e. The van der Waals surface area contributed by atoms with Crippen molar-refractivity contribution in [3.63, 3.8) is 0 Å². The van der Waals surface area contributed by atoms with Gasteiger partial charge < -0.3 is 14.9 Å². The van der Waals surface area contributed by atoms with Gasteiger partial charge in [0.1, 0.15) is 5.75 Å². The zero-order chi connectivity index (χ0) is 14.4. The second-order valence-corrected chi connectivity index (χ2v) is 4.51. The first-order chi connectivity index (χ1) is 8.97. The highest BCUT2D eigenvalue weighted by Crippen LogP contribution is 2.23. The molecule has 1 rings (SSSR count). The Labute approximate surface area is 119 Å². The van der Waals surface area contributed by atoms with Gasteiger partial charge >= 0.3 is 11.9 Å². The zero-order valence-electron chi connectivity index (χ0n) is 12.4. The van der Waals surface area contributed by atoms with E-state index in [4.69, 9.17) is 9.47 Å². The molecule has 2 N–H and O–H groups in total. The van der Waals surface area contributed by atoms with Crippen LogP contribution in [0.4, 0.5) is 0 Å². The Morgan fingerprint density at radius 3 is 2.30 bits per heavy atom. The molecule has 20 heavy (non-hydrogen) atoms. The molecule has 0 amide bonds. The van der Waals surface area contributed by atoms with Crippen molar-refractivity contribution in [3.8, 4) is 5.75 Å². The van der Waals surface area contributed by atoms with Crippen LogP contribution in [0.1, 0.15) is 36.5 Å². The van der Waals surface area contributed by atoms with Crippen molar-refractivity contribution >= 4 is 11.9 Å². The van der Waals surface area contributed by atoms with E-state index in [2.05, 4.69) is 0 Å². The highest BCUT2D eigenvalue weighted by Gasteiger charge is 2.19. The molecule has 0 aliphatic carbocycles. The topological polar surface area (TPSA) is 84.1 Å². The lowest BCUT2D eigenvalue weighted by atomic mass is 10.0. The van der Waals surface area contributed by atoms with Gasteiger partial charge in [0.2, 0.25) is 0 Å². The summed E-state index contributed by atoms with van der Waals surface area (Å²) in [5.41, 5.74) is 3.02. The van der Waals surface area contributed by atoms with E-state index in [1.165, 1.54) is 0 Å². The van der Waals surface area contributed by atoms with E-state index in [0.29, 0.717) is 5.75 Å². The van der Waals surface area contributed by atoms with Crippen LogP contribution in [0.5, 0.6) is 5.75 Å². The summed E-state index contributed by atoms with van der Waals surface area (Å²) in [7, 11) is 0. The van der Waals surface area contributed by atoms with Crippen molar-refractivity contribution in [2.45, 2.75) is 40.5 Å². The number of carbonyl (C=O) groups excluding carboxylic acids is 2. The predicted octanol–water partition coefficient (Wildman–Crippen LogP) is 2.04. The summed E-state index contributed by atoms with van der Waals surface area (Å²) in [6.07, 6.45) is 1.64. The van der Waals surface area contributed by atoms with Crippen LogP contribution in [0, 0.1) is 20.8 Å². The lowest BCUT2D eigenvalue weighted by Crippen LogP contribution is -2.23. The van der Waals surface area contributed by atoms with E-state index < -0.39 is 11.9 Å².